The highest BCUT2D eigenvalue weighted by atomic mass is 19.4. The van der Waals surface area contributed by atoms with E-state index in [-0.39, 0.29) is 11.3 Å². The Morgan fingerprint density at radius 2 is 1.65 bits per heavy atom. The SMILES string of the molecule is COc1ccc([C@@H](N)B2OC(C)(C)C(C)(C)O2)c(C(F)(F)F)c1. The average Bonchev–Trinajstić information content (AvgIpc) is 2.65. The Kier molecular flexibility index (Phi) is 4.47. The topological polar surface area (TPSA) is 53.7 Å². The molecule has 0 aliphatic carbocycles. The first-order valence-corrected chi connectivity index (χ1v) is 7.25. The zero-order valence-electron chi connectivity index (χ0n) is 13.8. The van der Waals surface area contributed by atoms with Crippen LogP contribution in [-0.2, 0) is 15.5 Å². The second kappa shape index (κ2) is 5.68. The fourth-order valence-corrected chi connectivity index (χ4v) is 2.38. The Morgan fingerprint density at radius 1 is 1.13 bits per heavy atom. The minimum absolute atomic E-state index is 0.0863. The van der Waals surface area contributed by atoms with Crippen molar-refractivity contribution in [3.8, 4) is 5.75 Å². The molecule has 1 saturated heterocycles. The van der Waals surface area contributed by atoms with Crippen LogP contribution in [-0.4, -0.2) is 25.4 Å². The first-order valence-electron chi connectivity index (χ1n) is 7.25. The van der Waals surface area contributed by atoms with Gasteiger partial charge in [0.25, 0.3) is 0 Å². The molecule has 2 N–H and O–H groups in total. The maximum Gasteiger partial charge on any atom is 0.480 e. The van der Waals surface area contributed by atoms with Gasteiger partial charge >= 0.3 is 13.3 Å². The predicted octanol–water partition coefficient (Wildman–Crippen LogP) is 3.35. The van der Waals surface area contributed by atoms with Crippen molar-refractivity contribution in [3.05, 3.63) is 29.3 Å². The van der Waals surface area contributed by atoms with Crippen molar-refractivity contribution in [1.29, 1.82) is 0 Å². The van der Waals surface area contributed by atoms with Crippen molar-refractivity contribution in [2.24, 2.45) is 5.73 Å². The Labute approximate surface area is 134 Å². The molecule has 23 heavy (non-hydrogen) atoms. The summed E-state index contributed by atoms with van der Waals surface area (Å²) in [5.41, 5.74) is 3.77. The van der Waals surface area contributed by atoms with E-state index in [0.29, 0.717) is 0 Å². The zero-order chi connectivity index (χ0) is 17.6. The molecule has 4 nitrogen and oxygen atoms in total. The van der Waals surface area contributed by atoms with Crippen LogP contribution >= 0.6 is 0 Å². The van der Waals surface area contributed by atoms with Gasteiger partial charge in [-0.1, -0.05) is 6.07 Å². The summed E-state index contributed by atoms with van der Waals surface area (Å²) in [6, 6.07) is 3.67. The summed E-state index contributed by atoms with van der Waals surface area (Å²) in [7, 11) is 0.345. The number of methoxy groups -OCH3 is 1. The molecule has 0 spiro atoms. The van der Waals surface area contributed by atoms with Crippen LogP contribution in [0.25, 0.3) is 0 Å². The van der Waals surface area contributed by atoms with Crippen LogP contribution in [0, 0.1) is 0 Å². The van der Waals surface area contributed by atoms with Crippen molar-refractivity contribution in [3.63, 3.8) is 0 Å². The molecule has 2 rings (SSSR count). The third-order valence-electron chi connectivity index (χ3n) is 4.49. The zero-order valence-corrected chi connectivity index (χ0v) is 13.8. The van der Waals surface area contributed by atoms with Gasteiger partial charge in [-0.3, -0.25) is 0 Å². The van der Waals surface area contributed by atoms with Gasteiger partial charge in [0, 0.05) is 0 Å². The van der Waals surface area contributed by atoms with Gasteiger partial charge in [0.2, 0.25) is 0 Å². The first kappa shape index (κ1) is 18.1. The van der Waals surface area contributed by atoms with Gasteiger partial charge in [-0.15, -0.1) is 0 Å². The van der Waals surface area contributed by atoms with Gasteiger partial charge in [-0.25, -0.2) is 0 Å². The maximum absolute atomic E-state index is 13.3. The minimum Gasteiger partial charge on any atom is -0.497 e. The molecule has 8 heteroatoms. The van der Waals surface area contributed by atoms with Crippen LogP contribution in [0.5, 0.6) is 5.75 Å². The van der Waals surface area contributed by atoms with Crippen LogP contribution in [0.15, 0.2) is 18.2 Å². The molecule has 1 aromatic rings. The molecule has 1 heterocycles. The Balaban J connectivity index is 2.39. The highest BCUT2D eigenvalue weighted by molar-refractivity contribution is 6.47. The van der Waals surface area contributed by atoms with E-state index in [1.807, 2.05) is 27.7 Å². The van der Waals surface area contributed by atoms with Gasteiger partial charge in [0.05, 0.1) is 29.8 Å². The number of nitrogens with two attached hydrogens (primary N) is 1. The van der Waals surface area contributed by atoms with E-state index in [2.05, 4.69) is 0 Å². The van der Waals surface area contributed by atoms with Crippen molar-refractivity contribution in [2.45, 2.75) is 51.0 Å². The molecule has 128 valence electrons. The lowest BCUT2D eigenvalue weighted by Crippen LogP contribution is -2.41. The van der Waals surface area contributed by atoms with Gasteiger partial charge < -0.3 is 19.8 Å². The first-order chi connectivity index (χ1) is 10.4. The molecule has 0 bridgehead atoms. The molecule has 1 aliphatic heterocycles. The molecule has 1 fully saturated rings. The molecular weight excluding hydrogens is 310 g/mol. The monoisotopic (exact) mass is 331 g/mol. The van der Waals surface area contributed by atoms with Gasteiger partial charge in [-0.05, 0) is 45.4 Å². The fourth-order valence-electron chi connectivity index (χ4n) is 2.38. The van der Waals surface area contributed by atoms with Crippen molar-refractivity contribution >= 4 is 7.12 Å². The number of alkyl halides is 3. The number of ether oxygens (including phenoxy) is 1. The highest BCUT2D eigenvalue weighted by Crippen LogP contribution is 2.42. The normalized spacial score (nSPS) is 21.3. The summed E-state index contributed by atoms with van der Waals surface area (Å²) in [6.45, 7) is 7.27. The lowest BCUT2D eigenvalue weighted by molar-refractivity contribution is -0.138. The Bertz CT molecular complexity index is 574. The van der Waals surface area contributed by atoms with E-state index in [9.17, 15) is 13.2 Å². The molecule has 1 atom stereocenters. The number of rotatable bonds is 3. The number of benzene rings is 1. The van der Waals surface area contributed by atoms with Crippen molar-refractivity contribution in [2.75, 3.05) is 7.11 Å². The molecule has 0 radical (unpaired) electrons. The highest BCUT2D eigenvalue weighted by Gasteiger charge is 2.54. The molecule has 0 aromatic heterocycles. The van der Waals surface area contributed by atoms with E-state index in [1.165, 1.54) is 19.2 Å². The Morgan fingerprint density at radius 3 is 2.09 bits per heavy atom. The summed E-state index contributed by atoms with van der Waals surface area (Å²) >= 11 is 0. The molecule has 0 saturated carbocycles. The van der Waals surface area contributed by atoms with Gasteiger partial charge in [0.15, 0.2) is 0 Å². The lowest BCUT2D eigenvalue weighted by Gasteiger charge is -2.32. The predicted molar refractivity (Wildman–Crippen MR) is 81.0 cm³/mol. The van der Waals surface area contributed by atoms with Crippen molar-refractivity contribution < 1.29 is 27.2 Å². The van der Waals surface area contributed by atoms with E-state index in [1.54, 1.807) is 0 Å². The summed E-state index contributed by atoms with van der Waals surface area (Å²) < 4.78 is 56.4. The average molecular weight is 331 g/mol. The molecule has 1 aromatic carbocycles. The summed E-state index contributed by atoms with van der Waals surface area (Å²) in [6.07, 6.45) is -4.55. The third-order valence-corrected chi connectivity index (χ3v) is 4.49. The largest absolute Gasteiger partial charge is 0.497 e. The van der Waals surface area contributed by atoms with Gasteiger partial charge in [-0.2, -0.15) is 13.2 Å². The second-order valence-corrected chi connectivity index (χ2v) is 6.60. The van der Waals surface area contributed by atoms with Crippen LogP contribution in [0.2, 0.25) is 0 Å². The number of hydrogen-bond donors (Lipinski definition) is 1. The summed E-state index contributed by atoms with van der Waals surface area (Å²) in [5.74, 6) is -0.958. The van der Waals surface area contributed by atoms with Crippen LogP contribution in [0.3, 0.4) is 0 Å². The van der Waals surface area contributed by atoms with E-state index < -0.39 is 36.0 Å². The standard InChI is InChI=1S/C15H21BF3NO3/c1-13(2)14(3,4)23-16(22-13)12(20)10-7-6-9(21-5)8-11(10)15(17,18)19/h6-8,12H,20H2,1-5H3/t12-/m1/s1. The Hall–Kier alpha value is -1.25. The molecular formula is C15H21BF3NO3. The van der Waals surface area contributed by atoms with Crippen molar-refractivity contribution in [1.82, 2.24) is 0 Å². The van der Waals surface area contributed by atoms with E-state index in [4.69, 9.17) is 19.8 Å². The smallest absolute Gasteiger partial charge is 0.480 e. The van der Waals surface area contributed by atoms with E-state index in [0.717, 1.165) is 6.07 Å². The molecule has 1 aliphatic rings. The molecule has 0 amide bonds. The number of halogens is 3. The van der Waals surface area contributed by atoms with Crippen LogP contribution < -0.4 is 10.5 Å². The fraction of sp³-hybridized carbons (Fsp3) is 0.600. The van der Waals surface area contributed by atoms with Crippen LogP contribution in [0.1, 0.15) is 44.8 Å². The molecule has 0 unspecified atom stereocenters. The minimum atomic E-state index is -4.55. The third kappa shape index (κ3) is 3.34. The maximum atomic E-state index is 13.3. The van der Waals surface area contributed by atoms with Gasteiger partial charge in [0.1, 0.15) is 5.75 Å². The second-order valence-electron chi connectivity index (χ2n) is 6.60. The summed E-state index contributed by atoms with van der Waals surface area (Å²) in [5, 5.41) is 0. The van der Waals surface area contributed by atoms with E-state index >= 15 is 0 Å². The lowest BCUT2D eigenvalue weighted by atomic mass is 9.73. The number of hydrogen-bond acceptors (Lipinski definition) is 4. The quantitative estimate of drug-likeness (QED) is 0.863. The van der Waals surface area contributed by atoms with Crippen LogP contribution in [0.4, 0.5) is 13.2 Å². The summed E-state index contributed by atoms with van der Waals surface area (Å²) in [4.78, 5) is 0.